The lowest BCUT2D eigenvalue weighted by molar-refractivity contribution is -0.200. The third kappa shape index (κ3) is 2.87. The predicted molar refractivity (Wildman–Crippen MR) is 92.1 cm³/mol. The van der Waals surface area contributed by atoms with Crippen LogP contribution >= 0.6 is 11.6 Å². The Morgan fingerprint density at radius 2 is 1.89 bits per heavy atom. The summed E-state index contributed by atoms with van der Waals surface area (Å²) in [6, 6.07) is 6.23. The van der Waals surface area contributed by atoms with E-state index in [4.69, 9.17) is 11.6 Å². The summed E-state index contributed by atoms with van der Waals surface area (Å²) in [5.41, 5.74) is -6.88. The number of halogens is 4. The molecule has 1 aliphatic heterocycles. The van der Waals surface area contributed by atoms with Gasteiger partial charge in [0.1, 0.15) is 11.4 Å². The molecule has 148 valence electrons. The second kappa shape index (κ2) is 6.51. The van der Waals surface area contributed by atoms with Gasteiger partial charge in [0, 0.05) is 11.9 Å². The summed E-state index contributed by atoms with van der Waals surface area (Å²) >= 11 is 6.02. The third-order valence-electron chi connectivity index (χ3n) is 4.22. The number of hydrogen-bond donors (Lipinski definition) is 3. The van der Waals surface area contributed by atoms with Crippen LogP contribution < -0.4 is 21.9 Å². The molecule has 3 N–H and O–H groups in total. The fourth-order valence-corrected chi connectivity index (χ4v) is 3.23. The van der Waals surface area contributed by atoms with Crippen LogP contribution in [0.15, 0.2) is 33.9 Å². The maximum Gasteiger partial charge on any atom is 0.425 e. The molecule has 1 aromatic carbocycles. The standard InChI is InChI=1S/C16H12ClF3N4O4/c1-7(25)23-15(16(18,19)20)10-11(21-13(15)27)24(14(28)22-12(10)26)6-8-4-2-3-5-9(8)17/h2-5H,6H2,1H3,(H,21,27)(H,23,25)(H,22,26,28)/t15-/m0/s1. The predicted octanol–water partition coefficient (Wildman–Crippen LogP) is 1.08. The van der Waals surface area contributed by atoms with Crippen molar-refractivity contribution in [2.75, 3.05) is 5.32 Å². The van der Waals surface area contributed by atoms with E-state index in [1.807, 2.05) is 5.32 Å². The average Bonchev–Trinajstić information content (AvgIpc) is 2.86. The van der Waals surface area contributed by atoms with Crippen molar-refractivity contribution >= 4 is 29.2 Å². The lowest BCUT2D eigenvalue weighted by atomic mass is 9.92. The van der Waals surface area contributed by atoms with Crippen molar-refractivity contribution in [1.82, 2.24) is 14.9 Å². The highest BCUT2D eigenvalue weighted by Gasteiger charge is 2.68. The molecule has 1 atom stereocenters. The highest BCUT2D eigenvalue weighted by atomic mass is 35.5. The Labute approximate surface area is 159 Å². The molecule has 0 fully saturated rings. The largest absolute Gasteiger partial charge is 0.425 e. The quantitative estimate of drug-likeness (QED) is 0.695. The van der Waals surface area contributed by atoms with Crippen LogP contribution in [0.1, 0.15) is 18.1 Å². The van der Waals surface area contributed by atoms with Crippen molar-refractivity contribution in [3.05, 3.63) is 61.3 Å². The Bertz CT molecular complexity index is 1110. The van der Waals surface area contributed by atoms with Crippen LogP contribution in [-0.2, 0) is 21.7 Å². The summed E-state index contributed by atoms with van der Waals surface area (Å²) < 4.78 is 42.4. The van der Waals surface area contributed by atoms with E-state index in [9.17, 15) is 32.3 Å². The minimum atomic E-state index is -5.35. The molecule has 3 rings (SSSR count). The number of benzene rings is 1. The summed E-state index contributed by atoms with van der Waals surface area (Å²) in [6.45, 7) is 0.443. The van der Waals surface area contributed by atoms with Crippen LogP contribution in [0, 0.1) is 0 Å². The highest BCUT2D eigenvalue weighted by molar-refractivity contribution is 6.31. The molecule has 0 aliphatic carbocycles. The van der Waals surface area contributed by atoms with Gasteiger partial charge < -0.3 is 10.6 Å². The van der Waals surface area contributed by atoms with Gasteiger partial charge in [-0.3, -0.25) is 23.9 Å². The second-order valence-electron chi connectivity index (χ2n) is 6.04. The van der Waals surface area contributed by atoms with Crippen LogP contribution in [0.4, 0.5) is 19.0 Å². The third-order valence-corrected chi connectivity index (χ3v) is 4.59. The minimum absolute atomic E-state index is 0.225. The average molecular weight is 417 g/mol. The molecule has 12 heteroatoms. The lowest BCUT2D eigenvalue weighted by Crippen LogP contribution is -2.61. The number of alkyl halides is 3. The first kappa shape index (κ1) is 19.7. The number of rotatable bonds is 3. The summed E-state index contributed by atoms with van der Waals surface area (Å²) in [6.07, 6.45) is -5.35. The van der Waals surface area contributed by atoms with Crippen LogP contribution in [0.3, 0.4) is 0 Å². The minimum Gasteiger partial charge on any atom is -0.331 e. The van der Waals surface area contributed by atoms with Gasteiger partial charge in [0.05, 0.1) is 6.54 Å². The zero-order valence-electron chi connectivity index (χ0n) is 14.1. The van der Waals surface area contributed by atoms with Crippen molar-refractivity contribution in [2.24, 2.45) is 0 Å². The maximum atomic E-state index is 13.9. The second-order valence-corrected chi connectivity index (χ2v) is 6.45. The van der Waals surface area contributed by atoms with Crippen LogP contribution in [0.5, 0.6) is 0 Å². The molecule has 2 amide bonds. The van der Waals surface area contributed by atoms with E-state index in [2.05, 4.69) is 0 Å². The van der Waals surface area contributed by atoms with Crippen LogP contribution in [0.25, 0.3) is 0 Å². The number of nitrogens with one attached hydrogen (secondary N) is 3. The van der Waals surface area contributed by atoms with Gasteiger partial charge in [0.25, 0.3) is 11.5 Å². The van der Waals surface area contributed by atoms with E-state index >= 15 is 0 Å². The molecule has 0 saturated heterocycles. The van der Waals surface area contributed by atoms with E-state index in [1.54, 1.807) is 17.1 Å². The topological polar surface area (TPSA) is 113 Å². The van der Waals surface area contributed by atoms with Gasteiger partial charge >= 0.3 is 11.9 Å². The first-order valence-electron chi connectivity index (χ1n) is 7.77. The van der Waals surface area contributed by atoms with Gasteiger partial charge in [-0.15, -0.1) is 0 Å². The number of aromatic amines is 1. The molecular weight excluding hydrogens is 405 g/mol. The van der Waals surface area contributed by atoms with Crippen molar-refractivity contribution in [2.45, 2.75) is 25.2 Å². The Kier molecular flexibility index (Phi) is 4.58. The van der Waals surface area contributed by atoms with Gasteiger partial charge in [-0.25, -0.2) is 4.79 Å². The number of nitrogens with zero attached hydrogens (tertiary/aromatic N) is 1. The first-order valence-corrected chi connectivity index (χ1v) is 8.14. The monoisotopic (exact) mass is 416 g/mol. The molecule has 1 aromatic heterocycles. The molecule has 0 bridgehead atoms. The summed E-state index contributed by atoms with van der Waals surface area (Å²) in [4.78, 5) is 50.0. The van der Waals surface area contributed by atoms with Gasteiger partial charge in [0.15, 0.2) is 0 Å². The zero-order valence-corrected chi connectivity index (χ0v) is 14.9. The zero-order chi connectivity index (χ0) is 20.9. The SMILES string of the molecule is CC(=O)N[C@]1(C(F)(F)F)C(=O)Nc2c1c(=O)[nH]c(=O)n2Cc1ccccc1Cl. The molecule has 0 radical (unpaired) electrons. The summed E-state index contributed by atoms with van der Waals surface area (Å²) in [7, 11) is 0. The molecule has 2 aromatic rings. The number of aromatic nitrogens is 2. The van der Waals surface area contributed by atoms with E-state index in [0.29, 0.717) is 5.56 Å². The maximum absolute atomic E-state index is 13.9. The molecule has 0 unspecified atom stereocenters. The van der Waals surface area contributed by atoms with Crippen LogP contribution in [0.2, 0.25) is 5.02 Å². The van der Waals surface area contributed by atoms with E-state index < -0.39 is 46.2 Å². The molecule has 0 spiro atoms. The summed E-state index contributed by atoms with van der Waals surface area (Å²) in [5.74, 6) is -3.55. The van der Waals surface area contributed by atoms with Crippen molar-refractivity contribution in [3.63, 3.8) is 0 Å². The van der Waals surface area contributed by atoms with E-state index in [-0.39, 0.29) is 11.6 Å². The number of fused-ring (bicyclic) bond motifs is 1. The smallest absolute Gasteiger partial charge is 0.331 e. The molecule has 1 aliphatic rings. The van der Waals surface area contributed by atoms with Crippen molar-refractivity contribution in [1.29, 1.82) is 0 Å². The van der Waals surface area contributed by atoms with Gasteiger partial charge in [0.2, 0.25) is 11.4 Å². The lowest BCUT2D eigenvalue weighted by Gasteiger charge is -2.29. The van der Waals surface area contributed by atoms with Crippen molar-refractivity contribution in [3.8, 4) is 0 Å². The van der Waals surface area contributed by atoms with E-state index in [0.717, 1.165) is 11.5 Å². The molecule has 28 heavy (non-hydrogen) atoms. The molecule has 0 saturated carbocycles. The Hall–Kier alpha value is -3.08. The van der Waals surface area contributed by atoms with Gasteiger partial charge in [-0.2, -0.15) is 13.2 Å². The molecule has 8 nitrogen and oxygen atoms in total. The van der Waals surface area contributed by atoms with Gasteiger partial charge in [-0.05, 0) is 11.6 Å². The number of carbonyl (C=O) groups excluding carboxylic acids is 2. The normalized spacial score (nSPS) is 18.5. The fraction of sp³-hybridized carbons (Fsp3) is 0.250. The molecular formula is C16H12ClF3N4O4. The summed E-state index contributed by atoms with van der Waals surface area (Å²) in [5, 5.41) is 3.67. The Morgan fingerprint density at radius 1 is 1.25 bits per heavy atom. The van der Waals surface area contributed by atoms with Crippen molar-refractivity contribution < 1.29 is 22.8 Å². The molecule has 2 heterocycles. The highest BCUT2D eigenvalue weighted by Crippen LogP contribution is 2.44. The Balaban J connectivity index is 2.31. The number of hydrogen-bond acceptors (Lipinski definition) is 4. The van der Waals surface area contributed by atoms with Crippen LogP contribution in [-0.4, -0.2) is 27.5 Å². The number of anilines is 1. The number of amides is 2. The first-order chi connectivity index (χ1) is 13.0. The fourth-order valence-electron chi connectivity index (χ4n) is 3.04. The van der Waals surface area contributed by atoms with E-state index in [1.165, 1.54) is 17.4 Å². The number of H-pyrrole nitrogens is 1. The van der Waals surface area contributed by atoms with Gasteiger partial charge in [-0.1, -0.05) is 29.8 Å². The Morgan fingerprint density at radius 3 is 2.46 bits per heavy atom. The number of carbonyl (C=O) groups is 2.